The van der Waals surface area contributed by atoms with Gasteiger partial charge in [-0.1, -0.05) is 23.9 Å². The van der Waals surface area contributed by atoms with Crippen LogP contribution in [0.15, 0.2) is 47.5 Å². The molecule has 2 aromatic rings. The lowest BCUT2D eigenvalue weighted by molar-refractivity contribution is 0.577. The highest BCUT2D eigenvalue weighted by Gasteiger charge is 2.47. The molecule has 0 radical (unpaired) electrons. The van der Waals surface area contributed by atoms with Crippen LogP contribution in [0.4, 0.5) is 18.9 Å². The number of fused-ring (bicyclic) bond motifs is 1. The molecule has 142 valence electrons. The van der Waals surface area contributed by atoms with Gasteiger partial charge < -0.3 is 4.90 Å². The molecule has 0 aliphatic carbocycles. The molecule has 0 spiro atoms. The van der Waals surface area contributed by atoms with E-state index in [0.717, 1.165) is 17.7 Å². The van der Waals surface area contributed by atoms with Crippen LogP contribution in [0.2, 0.25) is 0 Å². The molecular weight excluding hydrogens is 397 g/mol. The van der Waals surface area contributed by atoms with Gasteiger partial charge in [-0.05, 0) is 29.8 Å². The van der Waals surface area contributed by atoms with Crippen LogP contribution in [0.1, 0.15) is 5.56 Å². The van der Waals surface area contributed by atoms with Crippen LogP contribution in [0.5, 0.6) is 0 Å². The average Bonchev–Trinajstić information content (AvgIpc) is 3.05. The second-order valence-electron chi connectivity index (χ2n) is 6.51. The van der Waals surface area contributed by atoms with Crippen LogP contribution in [0.3, 0.4) is 0 Å². The average molecular weight is 412 g/mol. The molecule has 0 bridgehead atoms. The summed E-state index contributed by atoms with van der Waals surface area (Å²) in [5, 5.41) is 0.453. The third kappa shape index (κ3) is 3.70. The summed E-state index contributed by atoms with van der Waals surface area (Å²) in [4.78, 5) is 6.01. The Hall–Kier alpha value is -2.00. The number of benzene rings is 2. The molecule has 1 fully saturated rings. The summed E-state index contributed by atoms with van der Waals surface area (Å²) in [6.07, 6.45) is 0. The zero-order valence-electron chi connectivity index (χ0n) is 14.0. The standard InChI is InChI=1S/C18H15F3N2O2S2/c19-12-3-1-2-11(6-12)8-26-18-22-15-9-27(24,25)10-17(15)23(18)16-5-4-13(20)7-14(16)21/h1-7,15,17H,8-10H2/t15-,17-/m1/s1. The number of aliphatic imine (C=N–C) groups is 1. The fourth-order valence-electron chi connectivity index (χ4n) is 3.37. The smallest absolute Gasteiger partial charge is 0.164 e. The van der Waals surface area contributed by atoms with E-state index in [1.807, 2.05) is 0 Å². The summed E-state index contributed by atoms with van der Waals surface area (Å²) in [6, 6.07) is 8.27. The maximum absolute atomic E-state index is 14.4. The lowest BCUT2D eigenvalue weighted by atomic mass is 10.1. The molecule has 2 aromatic carbocycles. The molecule has 1 saturated heterocycles. The second kappa shape index (κ2) is 6.87. The SMILES string of the molecule is O=S1(=O)C[C@@H]2[C@@H](C1)N=C(SCc1cccc(F)c1)N2c1ccc(F)cc1F. The Kier molecular flexibility index (Phi) is 4.67. The first-order valence-corrected chi connectivity index (χ1v) is 11.0. The van der Waals surface area contributed by atoms with Crippen molar-refractivity contribution in [3.63, 3.8) is 0 Å². The van der Waals surface area contributed by atoms with E-state index < -0.39 is 33.6 Å². The summed E-state index contributed by atoms with van der Waals surface area (Å²) < 4.78 is 65.0. The Morgan fingerprint density at radius 1 is 1.07 bits per heavy atom. The van der Waals surface area contributed by atoms with Gasteiger partial charge >= 0.3 is 0 Å². The molecular formula is C18H15F3N2O2S2. The molecule has 0 N–H and O–H groups in total. The number of halogens is 3. The van der Waals surface area contributed by atoms with Crippen molar-refractivity contribution in [3.05, 3.63) is 65.5 Å². The fourth-order valence-corrected chi connectivity index (χ4v) is 6.27. The Morgan fingerprint density at radius 2 is 1.85 bits per heavy atom. The van der Waals surface area contributed by atoms with Crippen LogP contribution in [-0.2, 0) is 15.6 Å². The van der Waals surface area contributed by atoms with E-state index in [2.05, 4.69) is 4.99 Å². The number of amidine groups is 1. The largest absolute Gasteiger partial charge is 0.312 e. The van der Waals surface area contributed by atoms with Gasteiger partial charge in [0.1, 0.15) is 17.5 Å². The minimum Gasteiger partial charge on any atom is -0.312 e. The Balaban J connectivity index is 1.65. The number of nitrogens with zero attached hydrogens (tertiary/aromatic N) is 2. The van der Waals surface area contributed by atoms with Crippen LogP contribution >= 0.6 is 11.8 Å². The number of hydrogen-bond acceptors (Lipinski definition) is 5. The summed E-state index contributed by atoms with van der Waals surface area (Å²) in [7, 11) is -3.27. The molecule has 4 nitrogen and oxygen atoms in total. The fraction of sp³-hybridized carbons (Fsp3) is 0.278. The van der Waals surface area contributed by atoms with Gasteiger partial charge in [0.25, 0.3) is 0 Å². The van der Waals surface area contributed by atoms with Crippen molar-refractivity contribution in [1.29, 1.82) is 0 Å². The van der Waals surface area contributed by atoms with Crippen molar-refractivity contribution in [2.75, 3.05) is 16.4 Å². The van der Waals surface area contributed by atoms with Crippen molar-refractivity contribution in [3.8, 4) is 0 Å². The Labute approximate surface area is 159 Å². The van der Waals surface area contributed by atoms with E-state index in [-0.39, 0.29) is 23.0 Å². The summed E-state index contributed by atoms with van der Waals surface area (Å²) in [5.41, 5.74) is 0.818. The number of hydrogen-bond donors (Lipinski definition) is 0. The molecule has 2 atom stereocenters. The van der Waals surface area contributed by atoms with Gasteiger partial charge in [0.2, 0.25) is 0 Å². The van der Waals surface area contributed by atoms with Gasteiger partial charge in [0, 0.05) is 11.8 Å². The number of thioether (sulfide) groups is 1. The highest BCUT2D eigenvalue weighted by Crippen LogP contribution is 2.37. The molecule has 2 aliphatic heterocycles. The first-order chi connectivity index (χ1) is 12.8. The predicted molar refractivity (Wildman–Crippen MR) is 100 cm³/mol. The van der Waals surface area contributed by atoms with E-state index in [1.165, 1.54) is 34.9 Å². The van der Waals surface area contributed by atoms with Crippen LogP contribution in [-0.4, -0.2) is 37.2 Å². The third-order valence-corrected chi connectivity index (χ3v) is 7.27. The van der Waals surface area contributed by atoms with E-state index >= 15 is 0 Å². The summed E-state index contributed by atoms with van der Waals surface area (Å²) in [5.74, 6) is -1.69. The first-order valence-electron chi connectivity index (χ1n) is 8.22. The molecule has 27 heavy (non-hydrogen) atoms. The quantitative estimate of drug-likeness (QED) is 0.776. The molecule has 9 heteroatoms. The lowest BCUT2D eigenvalue weighted by Crippen LogP contribution is -2.39. The predicted octanol–water partition coefficient (Wildman–Crippen LogP) is 3.38. The molecule has 0 saturated carbocycles. The minimum atomic E-state index is -3.27. The summed E-state index contributed by atoms with van der Waals surface area (Å²) >= 11 is 1.27. The third-order valence-electron chi connectivity index (χ3n) is 4.53. The highest BCUT2D eigenvalue weighted by atomic mass is 32.2. The molecule has 4 rings (SSSR count). The van der Waals surface area contributed by atoms with Gasteiger partial charge in [-0.3, -0.25) is 4.99 Å². The topological polar surface area (TPSA) is 49.7 Å². The minimum absolute atomic E-state index is 0.0893. The molecule has 0 amide bonds. The van der Waals surface area contributed by atoms with Gasteiger partial charge in [-0.25, -0.2) is 21.6 Å². The number of rotatable bonds is 3. The van der Waals surface area contributed by atoms with Crippen molar-refractivity contribution >= 4 is 32.5 Å². The van der Waals surface area contributed by atoms with Gasteiger partial charge in [0.15, 0.2) is 15.0 Å². The monoisotopic (exact) mass is 412 g/mol. The van der Waals surface area contributed by atoms with E-state index in [1.54, 1.807) is 12.1 Å². The molecule has 0 aromatic heterocycles. The van der Waals surface area contributed by atoms with Gasteiger partial charge in [-0.2, -0.15) is 0 Å². The maximum atomic E-state index is 14.4. The number of sulfone groups is 1. The van der Waals surface area contributed by atoms with E-state index in [9.17, 15) is 21.6 Å². The Bertz CT molecular complexity index is 1030. The van der Waals surface area contributed by atoms with Crippen molar-refractivity contribution < 1.29 is 21.6 Å². The lowest BCUT2D eigenvalue weighted by Gasteiger charge is -2.26. The molecule has 2 heterocycles. The second-order valence-corrected chi connectivity index (χ2v) is 9.60. The van der Waals surface area contributed by atoms with Crippen LogP contribution in [0, 0.1) is 17.5 Å². The normalized spacial score (nSPS) is 23.4. The van der Waals surface area contributed by atoms with Crippen LogP contribution in [0.25, 0.3) is 0 Å². The van der Waals surface area contributed by atoms with E-state index in [0.29, 0.717) is 10.9 Å². The summed E-state index contributed by atoms with van der Waals surface area (Å²) in [6.45, 7) is 0. The van der Waals surface area contributed by atoms with Crippen molar-refractivity contribution in [2.45, 2.75) is 17.8 Å². The molecule has 0 unspecified atom stereocenters. The van der Waals surface area contributed by atoms with Gasteiger partial charge in [0.05, 0.1) is 29.3 Å². The van der Waals surface area contributed by atoms with Crippen molar-refractivity contribution in [1.82, 2.24) is 0 Å². The zero-order valence-corrected chi connectivity index (χ0v) is 15.6. The van der Waals surface area contributed by atoms with Crippen molar-refractivity contribution in [2.24, 2.45) is 4.99 Å². The van der Waals surface area contributed by atoms with Crippen LogP contribution < -0.4 is 4.90 Å². The number of anilines is 1. The van der Waals surface area contributed by atoms with Gasteiger partial charge in [-0.15, -0.1) is 0 Å². The Morgan fingerprint density at radius 3 is 2.59 bits per heavy atom. The highest BCUT2D eigenvalue weighted by molar-refractivity contribution is 8.13. The van der Waals surface area contributed by atoms with E-state index in [4.69, 9.17) is 0 Å². The molecule has 2 aliphatic rings. The maximum Gasteiger partial charge on any atom is 0.164 e. The first kappa shape index (κ1) is 18.4. The zero-order chi connectivity index (χ0) is 19.2.